The second-order valence-electron chi connectivity index (χ2n) is 4.95. The van der Waals surface area contributed by atoms with Crippen LogP contribution < -0.4 is 11.1 Å². The summed E-state index contributed by atoms with van der Waals surface area (Å²) in [6.45, 7) is 8.35. The maximum atomic E-state index is 12.1. The van der Waals surface area contributed by atoms with Gasteiger partial charge in [0.05, 0.1) is 16.6 Å². The SMILES string of the molecule is CC(SC(C)C(C)C)C(=O)Nc1ccc(Cl)cc1N. The number of nitrogen functional groups attached to an aromatic ring is 1. The van der Waals surface area contributed by atoms with Gasteiger partial charge in [-0.3, -0.25) is 4.79 Å². The van der Waals surface area contributed by atoms with Crippen LogP contribution in [0, 0.1) is 5.92 Å². The average Bonchev–Trinajstić information content (AvgIpc) is 2.32. The van der Waals surface area contributed by atoms with Crippen LogP contribution in [-0.2, 0) is 4.79 Å². The molecule has 0 aromatic heterocycles. The smallest absolute Gasteiger partial charge is 0.237 e. The Morgan fingerprint density at radius 1 is 1.32 bits per heavy atom. The van der Waals surface area contributed by atoms with E-state index >= 15 is 0 Å². The van der Waals surface area contributed by atoms with Crippen molar-refractivity contribution in [1.82, 2.24) is 0 Å². The van der Waals surface area contributed by atoms with Crippen LogP contribution in [-0.4, -0.2) is 16.4 Å². The van der Waals surface area contributed by atoms with E-state index in [9.17, 15) is 4.79 Å². The highest BCUT2D eigenvalue weighted by molar-refractivity contribution is 8.01. The van der Waals surface area contributed by atoms with Crippen molar-refractivity contribution in [2.24, 2.45) is 5.92 Å². The van der Waals surface area contributed by atoms with Gasteiger partial charge in [-0.25, -0.2) is 0 Å². The van der Waals surface area contributed by atoms with E-state index < -0.39 is 0 Å². The van der Waals surface area contributed by atoms with Gasteiger partial charge in [0.2, 0.25) is 5.91 Å². The summed E-state index contributed by atoms with van der Waals surface area (Å²) >= 11 is 7.49. The highest BCUT2D eigenvalue weighted by Gasteiger charge is 2.19. The largest absolute Gasteiger partial charge is 0.397 e. The van der Waals surface area contributed by atoms with Gasteiger partial charge in [-0.05, 0) is 31.0 Å². The fraction of sp³-hybridized carbons (Fsp3) is 0.500. The fourth-order valence-corrected chi connectivity index (χ4v) is 2.74. The molecular weight excluding hydrogens is 280 g/mol. The molecule has 5 heteroatoms. The molecule has 0 saturated carbocycles. The third-order valence-corrected chi connectivity index (χ3v) is 4.83. The molecule has 0 saturated heterocycles. The number of thioether (sulfide) groups is 1. The van der Waals surface area contributed by atoms with Crippen LogP contribution in [0.3, 0.4) is 0 Å². The number of amides is 1. The summed E-state index contributed by atoms with van der Waals surface area (Å²) in [6.07, 6.45) is 0. The molecule has 1 rings (SSSR count). The molecule has 0 aliphatic carbocycles. The molecule has 0 bridgehead atoms. The van der Waals surface area contributed by atoms with Crippen molar-refractivity contribution in [3.05, 3.63) is 23.2 Å². The van der Waals surface area contributed by atoms with Gasteiger partial charge >= 0.3 is 0 Å². The number of carbonyl (C=O) groups excluding carboxylic acids is 1. The maximum absolute atomic E-state index is 12.1. The van der Waals surface area contributed by atoms with Gasteiger partial charge in [0.1, 0.15) is 0 Å². The van der Waals surface area contributed by atoms with Crippen molar-refractivity contribution in [3.8, 4) is 0 Å². The predicted octanol–water partition coefficient (Wildman–Crippen LogP) is 4.03. The summed E-state index contributed by atoms with van der Waals surface area (Å²) in [5.74, 6) is 0.507. The van der Waals surface area contributed by atoms with Gasteiger partial charge in [-0.1, -0.05) is 32.4 Å². The lowest BCUT2D eigenvalue weighted by molar-refractivity contribution is -0.115. The minimum absolute atomic E-state index is 0.0356. The molecule has 0 spiro atoms. The summed E-state index contributed by atoms with van der Waals surface area (Å²) < 4.78 is 0. The van der Waals surface area contributed by atoms with Crippen molar-refractivity contribution >= 4 is 40.6 Å². The third-order valence-electron chi connectivity index (χ3n) is 3.00. The normalized spacial score (nSPS) is 14.2. The molecule has 0 aliphatic heterocycles. The van der Waals surface area contributed by atoms with Crippen LogP contribution in [0.15, 0.2) is 18.2 Å². The van der Waals surface area contributed by atoms with Gasteiger partial charge in [-0.2, -0.15) is 0 Å². The Labute approximate surface area is 124 Å². The zero-order valence-corrected chi connectivity index (χ0v) is 13.3. The average molecular weight is 301 g/mol. The topological polar surface area (TPSA) is 55.1 Å². The summed E-state index contributed by atoms with van der Waals surface area (Å²) in [5.41, 5.74) is 6.91. The molecule has 106 valence electrons. The molecular formula is C14H21ClN2OS. The Bertz CT molecular complexity index is 451. The summed E-state index contributed by atoms with van der Waals surface area (Å²) in [4.78, 5) is 12.1. The highest BCUT2D eigenvalue weighted by atomic mass is 35.5. The first kappa shape index (κ1) is 16.2. The number of nitrogens with one attached hydrogen (secondary N) is 1. The van der Waals surface area contributed by atoms with Crippen LogP contribution in [0.25, 0.3) is 0 Å². The third kappa shape index (κ3) is 4.96. The lowest BCUT2D eigenvalue weighted by atomic mass is 10.2. The second-order valence-corrected chi connectivity index (χ2v) is 7.11. The first-order chi connectivity index (χ1) is 8.81. The predicted molar refractivity (Wildman–Crippen MR) is 85.8 cm³/mol. The van der Waals surface area contributed by atoms with E-state index in [1.165, 1.54) is 0 Å². The first-order valence-electron chi connectivity index (χ1n) is 6.32. The van der Waals surface area contributed by atoms with Gasteiger partial charge in [0.15, 0.2) is 0 Å². The number of hydrogen-bond acceptors (Lipinski definition) is 3. The number of hydrogen-bond donors (Lipinski definition) is 2. The maximum Gasteiger partial charge on any atom is 0.237 e. The van der Waals surface area contributed by atoms with E-state index in [0.29, 0.717) is 27.6 Å². The second kappa shape index (κ2) is 7.06. The summed E-state index contributed by atoms with van der Waals surface area (Å²) in [5, 5.41) is 3.72. The minimum atomic E-state index is -0.118. The number of benzene rings is 1. The van der Waals surface area contributed by atoms with Crippen LogP contribution >= 0.6 is 23.4 Å². The van der Waals surface area contributed by atoms with Crippen molar-refractivity contribution in [2.75, 3.05) is 11.1 Å². The van der Waals surface area contributed by atoms with Gasteiger partial charge < -0.3 is 11.1 Å². The summed E-state index contributed by atoms with van der Waals surface area (Å²) in [6, 6.07) is 5.06. The van der Waals surface area contributed by atoms with E-state index in [2.05, 4.69) is 26.1 Å². The van der Waals surface area contributed by atoms with E-state index in [4.69, 9.17) is 17.3 Å². The Kier molecular flexibility index (Phi) is 6.01. The molecule has 19 heavy (non-hydrogen) atoms. The monoisotopic (exact) mass is 300 g/mol. The standard InChI is InChI=1S/C14H21ClN2OS/c1-8(2)9(3)19-10(4)14(18)17-13-6-5-11(15)7-12(13)16/h5-10H,16H2,1-4H3,(H,17,18). The van der Waals surface area contributed by atoms with Gasteiger partial charge in [-0.15, -0.1) is 11.8 Å². The molecule has 1 amide bonds. The lowest BCUT2D eigenvalue weighted by Gasteiger charge is -2.20. The zero-order valence-electron chi connectivity index (χ0n) is 11.7. The van der Waals surface area contributed by atoms with Gasteiger partial charge in [0, 0.05) is 10.3 Å². The molecule has 3 N–H and O–H groups in total. The van der Waals surface area contributed by atoms with Crippen LogP contribution in [0.1, 0.15) is 27.7 Å². The Balaban J connectivity index is 2.63. The molecule has 0 radical (unpaired) electrons. The number of rotatable bonds is 5. The molecule has 0 heterocycles. The number of anilines is 2. The Morgan fingerprint density at radius 3 is 2.47 bits per heavy atom. The molecule has 1 aromatic rings. The molecule has 2 atom stereocenters. The molecule has 0 aliphatic rings. The zero-order chi connectivity index (χ0) is 14.6. The minimum Gasteiger partial charge on any atom is -0.397 e. The van der Waals surface area contributed by atoms with E-state index in [1.54, 1.807) is 30.0 Å². The van der Waals surface area contributed by atoms with Crippen LogP contribution in [0.2, 0.25) is 5.02 Å². The molecule has 3 nitrogen and oxygen atoms in total. The van der Waals surface area contributed by atoms with Gasteiger partial charge in [0.25, 0.3) is 0 Å². The molecule has 0 fully saturated rings. The van der Waals surface area contributed by atoms with Crippen molar-refractivity contribution in [3.63, 3.8) is 0 Å². The Morgan fingerprint density at radius 2 is 1.95 bits per heavy atom. The highest BCUT2D eigenvalue weighted by Crippen LogP contribution is 2.26. The first-order valence-corrected chi connectivity index (χ1v) is 7.64. The fourth-order valence-electron chi connectivity index (χ4n) is 1.42. The quantitative estimate of drug-likeness (QED) is 0.807. The number of halogens is 1. The number of carbonyl (C=O) groups is 1. The van der Waals surface area contributed by atoms with Crippen molar-refractivity contribution in [2.45, 2.75) is 38.2 Å². The van der Waals surface area contributed by atoms with E-state index in [0.717, 1.165) is 0 Å². The Hall–Kier alpha value is -0.870. The summed E-state index contributed by atoms with van der Waals surface area (Å²) in [7, 11) is 0. The van der Waals surface area contributed by atoms with E-state index in [1.807, 2.05) is 6.92 Å². The van der Waals surface area contributed by atoms with Crippen molar-refractivity contribution in [1.29, 1.82) is 0 Å². The lowest BCUT2D eigenvalue weighted by Crippen LogP contribution is -2.25. The van der Waals surface area contributed by atoms with Crippen LogP contribution in [0.5, 0.6) is 0 Å². The number of nitrogens with two attached hydrogens (primary N) is 1. The van der Waals surface area contributed by atoms with Crippen LogP contribution in [0.4, 0.5) is 11.4 Å². The van der Waals surface area contributed by atoms with Crippen molar-refractivity contribution < 1.29 is 4.79 Å². The molecule has 1 aromatic carbocycles. The molecule has 2 unspecified atom stereocenters. The van der Waals surface area contributed by atoms with E-state index in [-0.39, 0.29) is 11.2 Å².